The molecule has 0 radical (unpaired) electrons. The lowest BCUT2D eigenvalue weighted by Crippen LogP contribution is -2.50. The Hall–Kier alpha value is -4.06. The molecule has 12 heteroatoms. The molecule has 0 bridgehead atoms. The lowest BCUT2D eigenvalue weighted by molar-refractivity contribution is 0.0574. The molecule has 1 amide bonds. The van der Waals surface area contributed by atoms with E-state index in [1.807, 2.05) is 6.92 Å². The van der Waals surface area contributed by atoms with Crippen molar-refractivity contribution in [1.29, 1.82) is 0 Å². The molecule has 2 atom stereocenters. The molecule has 2 aromatic heterocycles. The van der Waals surface area contributed by atoms with Gasteiger partial charge in [-0.3, -0.25) is 4.90 Å². The molecule has 0 unspecified atom stereocenters. The second kappa shape index (κ2) is 10.5. The number of halogens is 2. The molecule has 0 aliphatic carbocycles. The number of carbonyl (C=O) groups is 1. The van der Waals surface area contributed by atoms with Crippen LogP contribution in [0.2, 0.25) is 0 Å². The van der Waals surface area contributed by atoms with Gasteiger partial charge in [0, 0.05) is 24.8 Å². The fourth-order valence-corrected chi connectivity index (χ4v) is 5.03. The zero-order valence-electron chi connectivity index (χ0n) is 22.9. The predicted molar refractivity (Wildman–Crippen MR) is 143 cm³/mol. The number of aliphatic hydroxyl groups is 1. The monoisotopic (exact) mass is 555 g/mol. The largest absolute Gasteiger partial charge is 0.493 e. The predicted octanol–water partition coefficient (Wildman–Crippen LogP) is 4.41. The number of aromatic nitrogens is 3. The van der Waals surface area contributed by atoms with Gasteiger partial charge in [-0.25, -0.2) is 18.6 Å². The average molecular weight is 556 g/mol. The Morgan fingerprint density at radius 2 is 1.93 bits per heavy atom. The Bertz CT molecular complexity index is 1450. The number of methoxy groups -OCH3 is 1. The molecule has 1 aromatic carbocycles. The van der Waals surface area contributed by atoms with Gasteiger partial charge in [0.2, 0.25) is 5.88 Å². The number of carbonyl (C=O) groups excluding carboxylic acids is 1. The van der Waals surface area contributed by atoms with E-state index in [1.54, 1.807) is 39.1 Å². The van der Waals surface area contributed by atoms with Crippen LogP contribution in [0.25, 0.3) is 11.3 Å². The van der Waals surface area contributed by atoms with Crippen molar-refractivity contribution in [3.63, 3.8) is 0 Å². The molecule has 1 saturated heterocycles. The molecular formula is C28H31F2N5O5. The van der Waals surface area contributed by atoms with Crippen molar-refractivity contribution < 1.29 is 32.9 Å². The van der Waals surface area contributed by atoms with Crippen molar-refractivity contribution in [2.24, 2.45) is 0 Å². The Morgan fingerprint density at radius 3 is 2.60 bits per heavy atom. The minimum atomic E-state index is -0.866. The van der Waals surface area contributed by atoms with Gasteiger partial charge in [0.1, 0.15) is 17.5 Å². The summed E-state index contributed by atoms with van der Waals surface area (Å²) < 4.78 is 45.7. The van der Waals surface area contributed by atoms with Gasteiger partial charge in [0.15, 0.2) is 17.4 Å². The number of hydrogen-bond donors (Lipinski definition) is 1. The lowest BCUT2D eigenvalue weighted by Gasteiger charge is -2.39. The van der Waals surface area contributed by atoms with Crippen molar-refractivity contribution >= 4 is 17.6 Å². The summed E-state index contributed by atoms with van der Waals surface area (Å²) in [7, 11) is 1.29. The summed E-state index contributed by atoms with van der Waals surface area (Å²) in [6.45, 7) is 7.82. The van der Waals surface area contributed by atoms with Crippen molar-refractivity contribution in [2.75, 3.05) is 30.0 Å². The van der Waals surface area contributed by atoms with Crippen LogP contribution in [0.15, 0.2) is 30.5 Å². The fraction of sp³-hybridized carbons (Fsp3) is 0.429. The van der Waals surface area contributed by atoms with Crippen LogP contribution in [0.1, 0.15) is 38.3 Å². The van der Waals surface area contributed by atoms with Crippen LogP contribution < -0.4 is 19.3 Å². The number of ether oxygens (including phenoxy) is 3. The highest BCUT2D eigenvalue weighted by Gasteiger charge is 2.43. The molecule has 0 spiro atoms. The first-order chi connectivity index (χ1) is 19.0. The summed E-state index contributed by atoms with van der Waals surface area (Å²) in [5.41, 5.74) is 1.66. The lowest BCUT2D eigenvalue weighted by atomic mass is 10.1. The molecule has 10 nitrogen and oxygen atoms in total. The molecule has 0 saturated carbocycles. The molecule has 40 heavy (non-hydrogen) atoms. The summed E-state index contributed by atoms with van der Waals surface area (Å²) >= 11 is 0. The first-order valence-electron chi connectivity index (χ1n) is 12.9. The van der Waals surface area contributed by atoms with E-state index in [2.05, 4.69) is 20.1 Å². The second-order valence-corrected chi connectivity index (χ2v) is 10.9. The number of aryl methyl sites for hydroxylation is 1. The molecule has 2 aliphatic rings. The highest BCUT2D eigenvalue weighted by atomic mass is 19.1. The fourth-order valence-electron chi connectivity index (χ4n) is 5.03. The highest BCUT2D eigenvalue weighted by molar-refractivity contribution is 5.93. The maximum atomic E-state index is 14.5. The van der Waals surface area contributed by atoms with Crippen molar-refractivity contribution in [2.45, 2.75) is 58.5 Å². The Kier molecular flexibility index (Phi) is 7.21. The van der Waals surface area contributed by atoms with Gasteiger partial charge in [-0.2, -0.15) is 0 Å². The zero-order valence-corrected chi connectivity index (χ0v) is 22.9. The molecule has 4 heterocycles. The third-order valence-corrected chi connectivity index (χ3v) is 6.84. The van der Waals surface area contributed by atoms with Gasteiger partial charge in [-0.1, -0.05) is 0 Å². The summed E-state index contributed by atoms with van der Waals surface area (Å²) in [5.74, 6) is -1.12. The number of rotatable bonds is 5. The van der Waals surface area contributed by atoms with E-state index < -0.39 is 23.3 Å². The Balaban J connectivity index is 1.52. The quantitative estimate of drug-likeness (QED) is 0.490. The molecular weight excluding hydrogens is 524 g/mol. The number of amides is 1. The van der Waals surface area contributed by atoms with E-state index in [0.29, 0.717) is 30.1 Å². The number of nitrogens with zero attached hydrogens (tertiary/aromatic N) is 5. The number of hydrogen-bond acceptors (Lipinski definition) is 9. The minimum absolute atomic E-state index is 0.0943. The average Bonchev–Trinajstić information content (AvgIpc) is 3.29. The Labute approximate surface area is 230 Å². The summed E-state index contributed by atoms with van der Waals surface area (Å²) in [6.07, 6.45) is 1.29. The molecule has 212 valence electrons. The number of anilines is 2. The maximum Gasteiger partial charge on any atom is 0.416 e. The minimum Gasteiger partial charge on any atom is -0.493 e. The van der Waals surface area contributed by atoms with E-state index in [0.717, 1.165) is 17.7 Å². The smallest absolute Gasteiger partial charge is 0.416 e. The van der Waals surface area contributed by atoms with Crippen LogP contribution in [-0.4, -0.2) is 64.3 Å². The van der Waals surface area contributed by atoms with Gasteiger partial charge in [-0.15, -0.1) is 10.2 Å². The SMILES string of the molecule is COc1c(F)cc(F)cc1-c1cc2c(nn1)N(C(=O)OC(C)(C)C)C[C@H]1C[C@@H](Oc3cc(C)c(CO)cn3)CN21. The summed E-state index contributed by atoms with van der Waals surface area (Å²) in [6, 6.07) is 5.12. The van der Waals surface area contributed by atoms with E-state index in [-0.39, 0.29) is 48.1 Å². The van der Waals surface area contributed by atoms with E-state index >= 15 is 0 Å². The third-order valence-electron chi connectivity index (χ3n) is 6.84. The first kappa shape index (κ1) is 27.5. The van der Waals surface area contributed by atoms with Gasteiger partial charge >= 0.3 is 6.09 Å². The standard InChI is InChI=1S/C28H31F2N5O5/c1-15-6-24(31-11-16(15)14-36)39-19-9-18-12-35(27(37)40-28(2,3)4)26-23(34(18)13-19)10-22(32-33-26)20-7-17(29)8-21(30)25(20)38-5/h6-8,10-11,18-19,36H,9,12-14H2,1-5H3/t18-,19-/m1/s1. The molecule has 3 aromatic rings. The molecule has 2 aliphatic heterocycles. The van der Waals surface area contributed by atoms with Crippen LogP contribution in [0, 0.1) is 18.6 Å². The molecule has 5 rings (SSSR count). The van der Waals surface area contributed by atoms with Crippen LogP contribution in [-0.2, 0) is 11.3 Å². The van der Waals surface area contributed by atoms with Gasteiger partial charge < -0.3 is 24.2 Å². The number of fused-ring (bicyclic) bond motifs is 3. The number of aliphatic hydroxyl groups excluding tert-OH is 1. The zero-order chi connectivity index (χ0) is 28.8. The third kappa shape index (κ3) is 5.35. The van der Waals surface area contributed by atoms with E-state index in [4.69, 9.17) is 14.2 Å². The van der Waals surface area contributed by atoms with Crippen LogP contribution in [0.4, 0.5) is 25.1 Å². The van der Waals surface area contributed by atoms with Crippen molar-refractivity contribution in [3.8, 4) is 22.9 Å². The van der Waals surface area contributed by atoms with E-state index in [9.17, 15) is 18.7 Å². The maximum absolute atomic E-state index is 14.5. The number of pyridine rings is 1. The van der Waals surface area contributed by atoms with Gasteiger partial charge in [0.25, 0.3) is 0 Å². The first-order valence-corrected chi connectivity index (χ1v) is 12.9. The topological polar surface area (TPSA) is 110 Å². The van der Waals surface area contributed by atoms with Crippen LogP contribution in [0.5, 0.6) is 11.6 Å². The van der Waals surface area contributed by atoms with E-state index in [1.165, 1.54) is 12.0 Å². The summed E-state index contributed by atoms with van der Waals surface area (Å²) in [5, 5.41) is 18.0. The highest BCUT2D eigenvalue weighted by Crippen LogP contribution is 2.42. The van der Waals surface area contributed by atoms with Gasteiger partial charge in [-0.05, 0) is 51.0 Å². The van der Waals surface area contributed by atoms with Crippen LogP contribution >= 0.6 is 0 Å². The van der Waals surface area contributed by atoms with Gasteiger partial charge in [0.05, 0.1) is 49.8 Å². The molecule has 1 fully saturated rings. The second-order valence-electron chi connectivity index (χ2n) is 10.9. The normalized spacial score (nSPS) is 18.3. The Morgan fingerprint density at radius 1 is 1.15 bits per heavy atom. The molecule has 1 N–H and O–H groups in total. The summed E-state index contributed by atoms with van der Waals surface area (Å²) in [4.78, 5) is 21.0. The van der Waals surface area contributed by atoms with Crippen molar-refractivity contribution in [1.82, 2.24) is 15.2 Å². The van der Waals surface area contributed by atoms with Crippen molar-refractivity contribution in [3.05, 3.63) is 53.2 Å². The number of benzene rings is 1. The van der Waals surface area contributed by atoms with Crippen LogP contribution in [0.3, 0.4) is 0 Å².